The van der Waals surface area contributed by atoms with E-state index in [1.54, 1.807) is 47.4 Å². The number of benzene rings is 2. The smallest absolute Gasteiger partial charge is 0.262 e. The highest BCUT2D eigenvalue weighted by Crippen LogP contribution is 2.13. The third-order valence-corrected chi connectivity index (χ3v) is 5.22. The molecule has 0 unspecified atom stereocenters. The van der Waals surface area contributed by atoms with Gasteiger partial charge in [-0.3, -0.25) is 19.0 Å². The average Bonchev–Trinajstić information content (AvgIpc) is 2.74. The highest BCUT2D eigenvalue weighted by molar-refractivity contribution is 7.71. The first-order valence-corrected chi connectivity index (χ1v) is 10.3. The Morgan fingerprint density at radius 1 is 1.10 bits per heavy atom. The minimum absolute atomic E-state index is 0.0734. The second kappa shape index (κ2) is 9.49. The molecular weight excluding hydrogens is 400 g/mol. The van der Waals surface area contributed by atoms with E-state index in [2.05, 4.69) is 10.3 Å². The number of amides is 2. The van der Waals surface area contributed by atoms with Crippen molar-refractivity contribution < 1.29 is 9.59 Å². The lowest BCUT2D eigenvalue weighted by Crippen LogP contribution is -2.30. The van der Waals surface area contributed by atoms with E-state index in [1.165, 1.54) is 4.57 Å². The molecule has 0 aliphatic rings. The van der Waals surface area contributed by atoms with Crippen LogP contribution in [0, 0.1) is 4.77 Å². The summed E-state index contributed by atoms with van der Waals surface area (Å²) in [6.07, 6.45) is 0.0734. The number of H-pyrrole nitrogens is 1. The van der Waals surface area contributed by atoms with Crippen LogP contribution in [0.1, 0.15) is 30.6 Å². The fraction of sp³-hybridized carbons (Fsp3) is 0.273. The lowest BCUT2D eigenvalue weighted by Gasteiger charge is -2.19. The van der Waals surface area contributed by atoms with Crippen molar-refractivity contribution in [2.24, 2.45) is 0 Å². The quantitative estimate of drug-likeness (QED) is 0.568. The Morgan fingerprint density at radius 2 is 1.83 bits per heavy atom. The standard InChI is InChI=1S/C22H24N4O3S/c1-3-25(4-2)20(28)15-8-7-9-16(14-15)23-19(27)12-13-26-21(29)17-10-5-6-11-18(17)24-22(26)30/h5-11,14H,3-4,12-13H2,1-2H3,(H,23,27)(H,24,30). The minimum atomic E-state index is -0.267. The molecular formula is C22H24N4O3S. The average molecular weight is 425 g/mol. The number of nitrogens with zero attached hydrogens (tertiary/aromatic N) is 2. The largest absolute Gasteiger partial charge is 0.339 e. The molecule has 0 spiro atoms. The number of para-hydroxylation sites is 1. The van der Waals surface area contributed by atoms with Crippen molar-refractivity contribution in [2.45, 2.75) is 26.8 Å². The first kappa shape index (κ1) is 21.4. The Bertz CT molecular complexity index is 1190. The second-order valence-corrected chi connectivity index (χ2v) is 7.18. The van der Waals surface area contributed by atoms with Crippen molar-refractivity contribution in [3.8, 4) is 0 Å². The van der Waals surface area contributed by atoms with E-state index in [-0.39, 0.29) is 35.1 Å². The van der Waals surface area contributed by atoms with E-state index < -0.39 is 0 Å². The maximum atomic E-state index is 12.7. The molecule has 156 valence electrons. The van der Waals surface area contributed by atoms with Gasteiger partial charge in [0.2, 0.25) is 5.91 Å². The molecule has 7 nitrogen and oxygen atoms in total. The fourth-order valence-corrected chi connectivity index (χ4v) is 3.55. The van der Waals surface area contributed by atoms with Crippen molar-refractivity contribution >= 4 is 40.6 Å². The van der Waals surface area contributed by atoms with Crippen molar-refractivity contribution in [3.63, 3.8) is 0 Å². The number of hydrogen-bond acceptors (Lipinski definition) is 4. The molecule has 2 N–H and O–H groups in total. The second-order valence-electron chi connectivity index (χ2n) is 6.79. The molecule has 3 rings (SSSR count). The number of aromatic nitrogens is 2. The molecule has 0 fully saturated rings. The molecule has 0 aliphatic carbocycles. The predicted molar refractivity (Wildman–Crippen MR) is 120 cm³/mol. The summed E-state index contributed by atoms with van der Waals surface area (Å²) in [7, 11) is 0. The van der Waals surface area contributed by atoms with Crippen LogP contribution in [0.25, 0.3) is 10.9 Å². The Morgan fingerprint density at radius 3 is 2.57 bits per heavy atom. The third kappa shape index (κ3) is 4.65. The van der Waals surface area contributed by atoms with Gasteiger partial charge in [0.15, 0.2) is 4.77 Å². The number of rotatable bonds is 7. The zero-order chi connectivity index (χ0) is 21.7. The third-order valence-electron chi connectivity index (χ3n) is 4.90. The van der Waals surface area contributed by atoms with E-state index in [0.29, 0.717) is 35.2 Å². The number of anilines is 1. The summed E-state index contributed by atoms with van der Waals surface area (Å²) < 4.78 is 1.66. The van der Waals surface area contributed by atoms with Gasteiger partial charge >= 0.3 is 0 Å². The van der Waals surface area contributed by atoms with Gasteiger partial charge in [0.05, 0.1) is 10.9 Å². The first-order valence-electron chi connectivity index (χ1n) is 9.85. The molecule has 0 radical (unpaired) electrons. The minimum Gasteiger partial charge on any atom is -0.339 e. The van der Waals surface area contributed by atoms with Gasteiger partial charge in [0.25, 0.3) is 11.5 Å². The topological polar surface area (TPSA) is 87.2 Å². The summed E-state index contributed by atoms with van der Waals surface area (Å²) in [5.41, 5.74) is 1.50. The first-order chi connectivity index (χ1) is 14.4. The Hall–Kier alpha value is -3.26. The van der Waals surface area contributed by atoms with Crippen molar-refractivity contribution in [1.82, 2.24) is 14.5 Å². The summed E-state index contributed by atoms with van der Waals surface area (Å²) >= 11 is 5.28. The van der Waals surface area contributed by atoms with Crippen LogP contribution in [0.2, 0.25) is 0 Å². The van der Waals surface area contributed by atoms with Crippen LogP contribution in [0.3, 0.4) is 0 Å². The number of aromatic amines is 1. The molecule has 1 aromatic heterocycles. The van der Waals surface area contributed by atoms with E-state index >= 15 is 0 Å². The van der Waals surface area contributed by atoms with E-state index in [9.17, 15) is 14.4 Å². The number of hydrogen-bond donors (Lipinski definition) is 2. The molecule has 1 heterocycles. The van der Waals surface area contributed by atoms with Crippen LogP contribution < -0.4 is 10.9 Å². The zero-order valence-electron chi connectivity index (χ0n) is 17.0. The molecule has 2 aromatic carbocycles. The van der Waals surface area contributed by atoms with Gasteiger partial charge < -0.3 is 15.2 Å². The normalized spacial score (nSPS) is 10.7. The van der Waals surface area contributed by atoms with Crippen LogP contribution in [-0.2, 0) is 11.3 Å². The molecule has 0 saturated heterocycles. The summed E-state index contributed by atoms with van der Waals surface area (Å²) in [4.78, 5) is 42.3. The Kier molecular flexibility index (Phi) is 6.79. The fourth-order valence-electron chi connectivity index (χ4n) is 3.26. The van der Waals surface area contributed by atoms with Crippen molar-refractivity contribution in [1.29, 1.82) is 0 Å². The molecule has 0 bridgehead atoms. The molecule has 0 aliphatic heterocycles. The van der Waals surface area contributed by atoms with Crippen LogP contribution in [0.5, 0.6) is 0 Å². The van der Waals surface area contributed by atoms with E-state index in [4.69, 9.17) is 12.2 Å². The molecule has 0 atom stereocenters. The van der Waals surface area contributed by atoms with Crippen LogP contribution in [0.4, 0.5) is 5.69 Å². The summed E-state index contributed by atoms with van der Waals surface area (Å²) in [6, 6.07) is 14.0. The van der Waals surface area contributed by atoms with Crippen LogP contribution >= 0.6 is 12.2 Å². The van der Waals surface area contributed by atoms with Gasteiger partial charge in [0, 0.05) is 37.3 Å². The molecule has 3 aromatic rings. The van der Waals surface area contributed by atoms with Crippen LogP contribution in [-0.4, -0.2) is 39.4 Å². The highest BCUT2D eigenvalue weighted by atomic mass is 32.1. The maximum Gasteiger partial charge on any atom is 0.262 e. The summed E-state index contributed by atoms with van der Waals surface area (Å²) in [5, 5.41) is 3.31. The van der Waals surface area contributed by atoms with Gasteiger partial charge in [-0.1, -0.05) is 18.2 Å². The number of nitrogens with one attached hydrogen (secondary N) is 2. The van der Waals surface area contributed by atoms with Gasteiger partial charge in [-0.15, -0.1) is 0 Å². The monoisotopic (exact) mass is 424 g/mol. The molecule has 2 amide bonds. The summed E-state index contributed by atoms with van der Waals surface area (Å²) in [6.45, 7) is 5.24. The molecule has 8 heteroatoms. The summed E-state index contributed by atoms with van der Waals surface area (Å²) in [5.74, 6) is -0.345. The van der Waals surface area contributed by atoms with Gasteiger partial charge in [-0.05, 0) is 56.4 Å². The Labute approximate surface area is 179 Å². The van der Waals surface area contributed by atoms with E-state index in [0.717, 1.165) is 0 Å². The number of carbonyl (C=O) groups excluding carboxylic acids is 2. The SMILES string of the molecule is CCN(CC)C(=O)c1cccc(NC(=O)CCn2c(=S)[nH]c3ccccc3c2=O)c1. The van der Waals surface area contributed by atoms with E-state index in [1.807, 2.05) is 19.9 Å². The molecule has 0 saturated carbocycles. The molecule has 30 heavy (non-hydrogen) atoms. The van der Waals surface area contributed by atoms with Crippen LogP contribution in [0.15, 0.2) is 53.3 Å². The highest BCUT2D eigenvalue weighted by Gasteiger charge is 2.13. The van der Waals surface area contributed by atoms with Gasteiger partial charge in [-0.2, -0.15) is 0 Å². The maximum absolute atomic E-state index is 12.7. The Balaban J connectivity index is 1.71. The number of carbonyl (C=O) groups is 2. The van der Waals surface area contributed by atoms with Gasteiger partial charge in [-0.25, -0.2) is 0 Å². The predicted octanol–water partition coefficient (Wildman–Crippen LogP) is 3.57. The zero-order valence-corrected chi connectivity index (χ0v) is 17.8. The lowest BCUT2D eigenvalue weighted by atomic mass is 10.1. The van der Waals surface area contributed by atoms with Gasteiger partial charge in [0.1, 0.15) is 0 Å². The van der Waals surface area contributed by atoms with Crippen molar-refractivity contribution in [3.05, 3.63) is 69.2 Å². The lowest BCUT2D eigenvalue weighted by molar-refractivity contribution is -0.116. The number of fused-ring (bicyclic) bond motifs is 1. The van der Waals surface area contributed by atoms with Crippen molar-refractivity contribution in [2.75, 3.05) is 18.4 Å².